The van der Waals surface area contributed by atoms with Crippen LogP contribution in [0.5, 0.6) is 0 Å². The molecule has 0 spiro atoms. The van der Waals surface area contributed by atoms with E-state index < -0.39 is 0 Å². The molecule has 1 saturated heterocycles. The number of aromatic nitrogens is 1. The van der Waals surface area contributed by atoms with Crippen molar-refractivity contribution >= 4 is 17.3 Å². The molecule has 5 nitrogen and oxygen atoms in total. The number of hydrogen-bond donors (Lipinski definition) is 2. The Balaban J connectivity index is 1.73. The van der Waals surface area contributed by atoms with E-state index in [1.165, 1.54) is 37.4 Å². The van der Waals surface area contributed by atoms with Crippen LogP contribution in [0.25, 0.3) is 0 Å². The van der Waals surface area contributed by atoms with E-state index in [1.54, 1.807) is 11.3 Å². The summed E-state index contributed by atoms with van der Waals surface area (Å²) in [5, 5.41) is 7.99. The zero-order valence-corrected chi connectivity index (χ0v) is 15.1. The maximum Gasteiger partial charge on any atom is 0.191 e. The Morgan fingerprint density at radius 1 is 1.41 bits per heavy atom. The van der Waals surface area contributed by atoms with Crippen LogP contribution in [-0.2, 0) is 6.54 Å². The van der Waals surface area contributed by atoms with Crippen molar-refractivity contribution in [3.05, 3.63) is 15.6 Å². The van der Waals surface area contributed by atoms with E-state index in [9.17, 15) is 0 Å². The Labute approximate surface area is 138 Å². The molecule has 0 saturated carbocycles. The summed E-state index contributed by atoms with van der Waals surface area (Å²) >= 11 is 1.75. The van der Waals surface area contributed by atoms with E-state index in [-0.39, 0.29) is 0 Å². The van der Waals surface area contributed by atoms with Crippen LogP contribution in [0.15, 0.2) is 4.99 Å². The van der Waals surface area contributed by atoms with Gasteiger partial charge in [0.1, 0.15) is 0 Å². The fourth-order valence-electron chi connectivity index (χ4n) is 2.96. The molecule has 1 unspecified atom stereocenters. The maximum atomic E-state index is 4.46. The molecule has 1 aromatic heterocycles. The van der Waals surface area contributed by atoms with Crippen molar-refractivity contribution in [1.82, 2.24) is 20.5 Å². The number of thiazole rings is 1. The van der Waals surface area contributed by atoms with Crippen LogP contribution in [0.4, 0.5) is 0 Å². The lowest BCUT2D eigenvalue weighted by Gasteiger charge is -2.16. The third-order valence-corrected chi connectivity index (χ3v) is 5.18. The topological polar surface area (TPSA) is 52.5 Å². The molecule has 0 aliphatic carbocycles. The van der Waals surface area contributed by atoms with Gasteiger partial charge in [-0.25, -0.2) is 4.98 Å². The molecule has 1 aromatic rings. The van der Waals surface area contributed by atoms with E-state index in [0.717, 1.165) is 35.7 Å². The Kier molecular flexibility index (Phi) is 6.64. The number of guanidine groups is 1. The molecular weight excluding hydrogens is 294 g/mol. The van der Waals surface area contributed by atoms with Gasteiger partial charge in [-0.1, -0.05) is 6.92 Å². The first kappa shape index (κ1) is 17.2. The molecule has 1 fully saturated rings. The van der Waals surface area contributed by atoms with Crippen molar-refractivity contribution in [2.24, 2.45) is 10.9 Å². The maximum absolute atomic E-state index is 4.46. The summed E-state index contributed by atoms with van der Waals surface area (Å²) in [5.41, 5.74) is 1.12. The largest absolute Gasteiger partial charge is 0.356 e. The molecule has 22 heavy (non-hydrogen) atoms. The molecule has 1 atom stereocenters. The zero-order valence-electron chi connectivity index (χ0n) is 14.3. The second kappa shape index (κ2) is 8.48. The van der Waals surface area contributed by atoms with Gasteiger partial charge in [0.05, 0.1) is 17.2 Å². The van der Waals surface area contributed by atoms with Gasteiger partial charge in [-0.3, -0.25) is 4.99 Å². The third-order valence-electron chi connectivity index (χ3n) is 4.11. The number of rotatable bonds is 6. The number of aliphatic imine (C=N–C) groups is 1. The molecule has 0 radical (unpaired) electrons. The quantitative estimate of drug-likeness (QED) is 0.622. The second-order valence-corrected chi connectivity index (χ2v) is 7.29. The molecule has 2 heterocycles. The van der Waals surface area contributed by atoms with Gasteiger partial charge in [-0.15, -0.1) is 11.3 Å². The van der Waals surface area contributed by atoms with Crippen LogP contribution in [0, 0.1) is 19.8 Å². The summed E-state index contributed by atoms with van der Waals surface area (Å²) in [6.07, 6.45) is 2.54. The SMILES string of the molecule is CCCN1CCC(CNC(=NC)NCc2sc(C)nc2C)C1. The smallest absolute Gasteiger partial charge is 0.191 e. The van der Waals surface area contributed by atoms with E-state index in [2.05, 4.69) is 46.3 Å². The first-order valence-electron chi connectivity index (χ1n) is 8.22. The molecule has 2 rings (SSSR count). The number of likely N-dealkylation sites (tertiary alicyclic amines) is 1. The minimum absolute atomic E-state index is 0.734. The van der Waals surface area contributed by atoms with Crippen LogP contribution < -0.4 is 10.6 Å². The molecule has 1 aliphatic heterocycles. The Morgan fingerprint density at radius 2 is 2.23 bits per heavy atom. The van der Waals surface area contributed by atoms with Crippen molar-refractivity contribution in [3.63, 3.8) is 0 Å². The lowest BCUT2D eigenvalue weighted by molar-refractivity contribution is 0.324. The van der Waals surface area contributed by atoms with Gasteiger partial charge in [-0.2, -0.15) is 0 Å². The summed E-state index contributed by atoms with van der Waals surface area (Å²) in [6.45, 7) is 11.8. The highest BCUT2D eigenvalue weighted by Gasteiger charge is 2.21. The van der Waals surface area contributed by atoms with Crippen LogP contribution >= 0.6 is 11.3 Å². The third kappa shape index (κ3) is 4.95. The summed E-state index contributed by atoms with van der Waals surface area (Å²) in [4.78, 5) is 12.6. The van der Waals surface area contributed by atoms with Crippen LogP contribution in [0.3, 0.4) is 0 Å². The monoisotopic (exact) mass is 323 g/mol. The number of hydrogen-bond acceptors (Lipinski definition) is 4. The van der Waals surface area contributed by atoms with Crippen molar-refractivity contribution in [3.8, 4) is 0 Å². The standard InChI is InChI=1S/C16H29N5S/c1-5-7-21-8-6-14(11-21)9-18-16(17-4)19-10-15-12(2)20-13(3)22-15/h14H,5-11H2,1-4H3,(H2,17,18,19). The lowest BCUT2D eigenvalue weighted by Crippen LogP contribution is -2.39. The van der Waals surface area contributed by atoms with Crippen LogP contribution in [0.1, 0.15) is 35.3 Å². The normalized spacial score (nSPS) is 19.6. The van der Waals surface area contributed by atoms with Gasteiger partial charge in [0, 0.05) is 25.0 Å². The fourth-order valence-corrected chi connectivity index (χ4v) is 3.84. The van der Waals surface area contributed by atoms with Gasteiger partial charge in [0.2, 0.25) is 0 Å². The molecule has 0 amide bonds. The molecule has 0 bridgehead atoms. The number of nitrogens with zero attached hydrogens (tertiary/aromatic N) is 3. The molecule has 0 aromatic carbocycles. The van der Waals surface area contributed by atoms with E-state index in [1.807, 2.05) is 7.05 Å². The molecule has 2 N–H and O–H groups in total. The van der Waals surface area contributed by atoms with E-state index in [0.29, 0.717) is 0 Å². The lowest BCUT2D eigenvalue weighted by atomic mass is 10.1. The van der Waals surface area contributed by atoms with Crippen LogP contribution in [0.2, 0.25) is 0 Å². The molecule has 124 valence electrons. The summed E-state index contributed by atoms with van der Waals surface area (Å²) in [5.74, 6) is 1.62. The fraction of sp³-hybridized carbons (Fsp3) is 0.750. The minimum atomic E-state index is 0.734. The van der Waals surface area contributed by atoms with Crippen molar-refractivity contribution < 1.29 is 0 Å². The number of aryl methyl sites for hydroxylation is 2. The summed E-state index contributed by atoms with van der Waals surface area (Å²) in [6, 6.07) is 0. The number of nitrogens with one attached hydrogen (secondary N) is 2. The molecule has 1 aliphatic rings. The average Bonchev–Trinajstić information content (AvgIpc) is 3.06. The van der Waals surface area contributed by atoms with Gasteiger partial charge in [0.25, 0.3) is 0 Å². The predicted octanol–water partition coefficient (Wildman–Crippen LogP) is 2.16. The van der Waals surface area contributed by atoms with Gasteiger partial charge < -0.3 is 15.5 Å². The Hall–Kier alpha value is -1.14. The van der Waals surface area contributed by atoms with Crippen LogP contribution in [-0.4, -0.2) is 49.1 Å². The highest BCUT2D eigenvalue weighted by Crippen LogP contribution is 2.17. The first-order chi connectivity index (χ1) is 10.6. The average molecular weight is 324 g/mol. The van der Waals surface area contributed by atoms with Gasteiger partial charge in [-0.05, 0) is 45.7 Å². The zero-order chi connectivity index (χ0) is 15.9. The summed E-state index contributed by atoms with van der Waals surface area (Å²) < 4.78 is 0. The van der Waals surface area contributed by atoms with E-state index >= 15 is 0 Å². The second-order valence-electron chi connectivity index (χ2n) is 6.00. The minimum Gasteiger partial charge on any atom is -0.356 e. The molecular formula is C16H29N5S. The van der Waals surface area contributed by atoms with Crippen molar-refractivity contribution in [2.45, 2.75) is 40.2 Å². The highest BCUT2D eigenvalue weighted by molar-refractivity contribution is 7.11. The van der Waals surface area contributed by atoms with Gasteiger partial charge >= 0.3 is 0 Å². The van der Waals surface area contributed by atoms with E-state index in [4.69, 9.17) is 0 Å². The highest BCUT2D eigenvalue weighted by atomic mass is 32.1. The van der Waals surface area contributed by atoms with Crippen molar-refractivity contribution in [1.29, 1.82) is 0 Å². The van der Waals surface area contributed by atoms with Gasteiger partial charge in [0.15, 0.2) is 5.96 Å². The first-order valence-corrected chi connectivity index (χ1v) is 9.03. The Bertz CT molecular complexity index is 497. The molecule has 6 heteroatoms. The Morgan fingerprint density at radius 3 is 2.86 bits per heavy atom. The van der Waals surface area contributed by atoms with Crippen molar-refractivity contribution in [2.75, 3.05) is 33.2 Å². The predicted molar refractivity (Wildman–Crippen MR) is 94.6 cm³/mol. The summed E-state index contributed by atoms with van der Waals surface area (Å²) in [7, 11) is 1.83.